The summed E-state index contributed by atoms with van der Waals surface area (Å²) in [7, 11) is -4.78. The molecule has 39 heavy (non-hydrogen) atoms. The summed E-state index contributed by atoms with van der Waals surface area (Å²) in [4.78, 5) is 57.8. The quantitative estimate of drug-likeness (QED) is 0.0629. The van der Waals surface area contributed by atoms with Crippen LogP contribution in [0.1, 0.15) is 19.1 Å². The van der Waals surface area contributed by atoms with Crippen molar-refractivity contribution in [1.82, 2.24) is 30.2 Å². The van der Waals surface area contributed by atoms with Crippen LogP contribution < -0.4 is 27.7 Å². The number of fused-ring (bicyclic) bond motifs is 1. The number of ether oxygens (including phenoxy) is 2. The molecule has 0 radical (unpaired) electrons. The van der Waals surface area contributed by atoms with Gasteiger partial charge in [-0.3, -0.25) is 33.5 Å². The molecule has 4 heterocycles. The Labute approximate surface area is 217 Å². The van der Waals surface area contributed by atoms with Gasteiger partial charge in [0.25, 0.3) is 5.56 Å². The van der Waals surface area contributed by atoms with Gasteiger partial charge in [-0.2, -0.15) is 9.98 Å². The van der Waals surface area contributed by atoms with E-state index in [9.17, 15) is 34.1 Å². The second-order valence-electron chi connectivity index (χ2n) is 8.42. The molecule has 2 saturated heterocycles. The average Bonchev–Trinajstić information content (AvgIpc) is 3.54. The number of carbonyl (C=O) groups excluding carboxylic acids is 2. The zero-order valence-corrected chi connectivity index (χ0v) is 20.8. The molecule has 2 fully saturated rings. The highest BCUT2D eigenvalue weighted by Gasteiger charge is 2.43. The Balaban J connectivity index is 1.32. The number of aliphatic hydroxyl groups is 2. The Hall–Kier alpha value is -3.49. The molecule has 2 aliphatic rings. The summed E-state index contributed by atoms with van der Waals surface area (Å²) in [5.41, 5.74) is 10.5. The van der Waals surface area contributed by atoms with Crippen molar-refractivity contribution in [1.29, 1.82) is 0 Å². The summed E-state index contributed by atoms with van der Waals surface area (Å²) in [6.07, 6.45) is -5.10. The van der Waals surface area contributed by atoms with Crippen molar-refractivity contribution >= 4 is 43.3 Å². The first-order valence-electron chi connectivity index (χ1n) is 11.3. The minimum atomic E-state index is -4.78. The molecule has 0 aliphatic carbocycles. The van der Waals surface area contributed by atoms with Crippen molar-refractivity contribution in [2.24, 2.45) is 10.7 Å². The second-order valence-corrected chi connectivity index (χ2v) is 9.82. The number of nitrogen functional groups attached to an aromatic ring is 1. The third-order valence-corrected chi connectivity index (χ3v) is 6.75. The maximum Gasteiger partial charge on any atom is 0.472 e. The summed E-state index contributed by atoms with van der Waals surface area (Å²) in [5.74, 6) is -0.619. The summed E-state index contributed by atoms with van der Waals surface area (Å²) in [6.45, 7) is -1.18. The highest BCUT2D eigenvalue weighted by atomic mass is 31.2. The number of aliphatic hydroxyl groups excluding tert-OH is 2. The Morgan fingerprint density at radius 3 is 2.87 bits per heavy atom. The number of urea groups is 1. The normalized spacial score (nSPS) is 28.8. The topological polar surface area (TPSA) is 301 Å². The van der Waals surface area contributed by atoms with Crippen molar-refractivity contribution in [3.05, 3.63) is 16.7 Å². The lowest BCUT2D eigenvalue weighted by atomic mass is 10.2. The van der Waals surface area contributed by atoms with Crippen LogP contribution in [0.5, 0.6) is 0 Å². The number of amides is 3. The molecule has 3 unspecified atom stereocenters. The summed E-state index contributed by atoms with van der Waals surface area (Å²) < 4.78 is 35.2. The number of rotatable bonds is 9. The minimum Gasteiger partial charge on any atom is -0.394 e. The fourth-order valence-electron chi connectivity index (χ4n) is 4.03. The van der Waals surface area contributed by atoms with Crippen LogP contribution in [0.3, 0.4) is 0 Å². The van der Waals surface area contributed by atoms with Gasteiger partial charge >= 0.3 is 13.9 Å². The van der Waals surface area contributed by atoms with E-state index < -0.39 is 75.5 Å². The molecule has 4 rings (SSSR count). The van der Waals surface area contributed by atoms with Gasteiger partial charge in [0, 0.05) is 12.8 Å². The van der Waals surface area contributed by atoms with E-state index in [1.54, 1.807) is 0 Å². The number of carbonyl (C=O) groups is 2. The number of imidazole rings is 1. The smallest absolute Gasteiger partial charge is 0.394 e. The third kappa shape index (κ3) is 6.75. The van der Waals surface area contributed by atoms with Crippen molar-refractivity contribution in [3.63, 3.8) is 0 Å². The minimum absolute atomic E-state index is 0.00954. The Morgan fingerprint density at radius 1 is 1.38 bits per heavy atom. The van der Waals surface area contributed by atoms with E-state index in [1.165, 1.54) is 10.9 Å². The standard InChI is InChI=1S/C18H26N9O11P/c19-16(22-6-29)26-18(32)23-11-2-8(9(3-28)36-11)38-39(33,34)35-4-10-7(30)1-12(37-10)27-5-21-13-14(27)24-17(20)25-15(13)31/h5-12,28,30H,1-4H2,(H,33,34)(H3,20,24,25,31)(H4,19,22,23,26,29,32)/t7?,8?,9-,10-,11-,12-/m1/s1. The lowest BCUT2D eigenvalue weighted by molar-refractivity contribution is -0.106. The maximum absolute atomic E-state index is 12.6. The first-order valence-corrected chi connectivity index (χ1v) is 12.8. The molecule has 3 amide bonds. The number of aromatic amines is 1. The molecular formula is C18H26N9O11P. The number of anilines is 1. The molecule has 7 atom stereocenters. The van der Waals surface area contributed by atoms with Gasteiger partial charge in [0.2, 0.25) is 18.3 Å². The van der Waals surface area contributed by atoms with Crippen LogP contribution in [0.2, 0.25) is 0 Å². The lowest BCUT2D eigenvalue weighted by Crippen LogP contribution is -2.47. The molecule has 2 aromatic heterocycles. The lowest BCUT2D eigenvalue weighted by Gasteiger charge is -2.21. The molecule has 0 spiro atoms. The number of phosphoric acid groups is 1. The van der Waals surface area contributed by atoms with Crippen LogP contribution in [-0.2, 0) is 27.9 Å². The second kappa shape index (κ2) is 11.7. The van der Waals surface area contributed by atoms with Crippen LogP contribution in [0.15, 0.2) is 16.1 Å². The van der Waals surface area contributed by atoms with E-state index in [-0.39, 0.29) is 36.4 Å². The van der Waals surface area contributed by atoms with Gasteiger partial charge in [-0.05, 0) is 0 Å². The van der Waals surface area contributed by atoms with E-state index in [0.717, 1.165) is 0 Å². The average molecular weight is 575 g/mol. The van der Waals surface area contributed by atoms with Gasteiger partial charge in [-0.1, -0.05) is 0 Å². The van der Waals surface area contributed by atoms with Crippen molar-refractivity contribution < 1.29 is 47.8 Å². The SMILES string of the molecule is NC(=NC=O)NC(=O)N[C@H]1CC(OP(=O)(O)OC[C@H]2O[C@@H](n3cnc4c(=O)[nH]c(N)nc43)CC2O)[C@@H](CO)O1. The first kappa shape index (κ1) is 28.5. The number of nitrogens with zero attached hydrogens (tertiary/aromatic N) is 4. The molecule has 20 nitrogen and oxygen atoms in total. The summed E-state index contributed by atoms with van der Waals surface area (Å²) >= 11 is 0. The highest BCUT2D eigenvalue weighted by Crippen LogP contribution is 2.48. The maximum atomic E-state index is 12.6. The Bertz CT molecular complexity index is 1350. The predicted molar refractivity (Wildman–Crippen MR) is 127 cm³/mol. The fourth-order valence-corrected chi connectivity index (χ4v) is 4.99. The van der Waals surface area contributed by atoms with Crippen LogP contribution >= 0.6 is 7.82 Å². The van der Waals surface area contributed by atoms with Crippen LogP contribution in [0, 0.1) is 0 Å². The molecule has 21 heteroatoms. The van der Waals surface area contributed by atoms with Crippen LogP contribution in [-0.4, -0.2) is 96.9 Å². The molecule has 0 saturated carbocycles. The molecule has 214 valence electrons. The summed E-state index contributed by atoms with van der Waals surface area (Å²) in [5, 5.41) is 24.3. The number of aliphatic imine (C=N–C) groups is 1. The van der Waals surface area contributed by atoms with Gasteiger partial charge in [0.05, 0.1) is 25.6 Å². The fraction of sp³-hybridized carbons (Fsp3) is 0.556. The van der Waals surface area contributed by atoms with Crippen molar-refractivity contribution in [2.45, 2.75) is 49.7 Å². The van der Waals surface area contributed by atoms with E-state index in [1.807, 2.05) is 0 Å². The highest BCUT2D eigenvalue weighted by molar-refractivity contribution is 7.47. The predicted octanol–water partition coefficient (Wildman–Crippen LogP) is -3.27. The van der Waals surface area contributed by atoms with Crippen LogP contribution in [0.25, 0.3) is 11.2 Å². The molecular weight excluding hydrogens is 549 g/mol. The molecule has 2 aliphatic heterocycles. The van der Waals surface area contributed by atoms with Gasteiger partial charge in [-0.15, -0.1) is 0 Å². The van der Waals surface area contributed by atoms with Crippen LogP contribution in [0.4, 0.5) is 10.7 Å². The third-order valence-electron chi connectivity index (χ3n) is 5.74. The molecule has 10 N–H and O–H groups in total. The monoisotopic (exact) mass is 575 g/mol. The van der Waals surface area contributed by atoms with Gasteiger partial charge in [-0.25, -0.2) is 14.3 Å². The van der Waals surface area contributed by atoms with Gasteiger partial charge < -0.3 is 41.4 Å². The number of nitrogens with two attached hydrogens (primary N) is 2. The van der Waals surface area contributed by atoms with E-state index in [2.05, 4.69) is 30.6 Å². The van der Waals surface area contributed by atoms with Gasteiger partial charge in [0.15, 0.2) is 11.2 Å². The van der Waals surface area contributed by atoms with E-state index in [0.29, 0.717) is 0 Å². The first-order chi connectivity index (χ1) is 18.5. The molecule has 2 aromatic rings. The zero-order valence-electron chi connectivity index (χ0n) is 19.9. The zero-order chi connectivity index (χ0) is 28.3. The van der Waals surface area contributed by atoms with Crippen molar-refractivity contribution in [2.75, 3.05) is 18.9 Å². The number of phosphoric ester groups is 1. The number of H-pyrrole nitrogens is 1. The Kier molecular flexibility index (Phi) is 8.57. The van der Waals surface area contributed by atoms with E-state index in [4.69, 9.17) is 30.0 Å². The molecule has 0 bridgehead atoms. The summed E-state index contributed by atoms with van der Waals surface area (Å²) in [6, 6.07) is -0.890. The Morgan fingerprint density at radius 2 is 2.15 bits per heavy atom. The number of hydrogen-bond donors (Lipinski definition) is 8. The number of guanidine groups is 1. The van der Waals surface area contributed by atoms with Gasteiger partial charge in [0.1, 0.15) is 30.8 Å². The van der Waals surface area contributed by atoms with E-state index >= 15 is 0 Å². The number of hydrogen-bond acceptors (Lipinski definition) is 13. The molecule has 0 aromatic carbocycles. The number of nitrogens with one attached hydrogen (secondary N) is 3. The largest absolute Gasteiger partial charge is 0.472 e. The van der Waals surface area contributed by atoms with Crippen molar-refractivity contribution in [3.8, 4) is 0 Å². The number of aromatic nitrogens is 4.